The minimum Gasteiger partial charge on any atom is -0.345 e. The van der Waals surface area contributed by atoms with Crippen LogP contribution in [0.1, 0.15) is 66.0 Å². The molecule has 0 bridgehead atoms. The van der Waals surface area contributed by atoms with Crippen LogP contribution in [0.4, 0.5) is 0 Å². The predicted octanol–water partition coefficient (Wildman–Crippen LogP) is 3.12. The number of rotatable bonds is 5. The number of nitrogens with one attached hydrogen (secondary N) is 2. The van der Waals surface area contributed by atoms with Gasteiger partial charge in [-0.3, -0.25) is 14.9 Å². The summed E-state index contributed by atoms with van der Waals surface area (Å²) in [5.74, 6) is 0.682. The van der Waals surface area contributed by atoms with Crippen LogP contribution >= 0.6 is 0 Å². The maximum Gasteiger partial charge on any atom is 0.255 e. The van der Waals surface area contributed by atoms with Gasteiger partial charge in [0.05, 0.1) is 17.3 Å². The second kappa shape index (κ2) is 5.91. The van der Waals surface area contributed by atoms with Gasteiger partial charge in [0.1, 0.15) is 0 Å². The molecule has 2 N–H and O–H groups in total. The summed E-state index contributed by atoms with van der Waals surface area (Å²) < 4.78 is 0. The van der Waals surface area contributed by atoms with Crippen molar-refractivity contribution in [1.29, 1.82) is 0 Å². The highest BCUT2D eigenvalue weighted by atomic mass is 16.1. The highest BCUT2D eigenvalue weighted by Gasteiger charge is 2.33. The normalized spacial score (nSPS) is 15.8. The fourth-order valence-electron chi connectivity index (χ4n) is 2.80. The Morgan fingerprint density at radius 2 is 2.18 bits per heavy atom. The zero-order valence-corrected chi connectivity index (χ0v) is 13.3. The zero-order valence-electron chi connectivity index (χ0n) is 13.3. The third kappa shape index (κ3) is 2.89. The van der Waals surface area contributed by atoms with Gasteiger partial charge in [-0.05, 0) is 37.3 Å². The molecule has 22 heavy (non-hydrogen) atoms. The van der Waals surface area contributed by atoms with E-state index in [-0.39, 0.29) is 17.9 Å². The molecule has 2 heterocycles. The van der Waals surface area contributed by atoms with Crippen molar-refractivity contribution in [3.05, 3.63) is 47.0 Å². The highest BCUT2D eigenvalue weighted by molar-refractivity contribution is 5.97. The van der Waals surface area contributed by atoms with Crippen molar-refractivity contribution in [2.75, 3.05) is 0 Å². The topological polar surface area (TPSA) is 70.7 Å². The second-order valence-corrected chi connectivity index (χ2v) is 6.36. The van der Waals surface area contributed by atoms with Gasteiger partial charge in [-0.25, -0.2) is 0 Å². The number of nitrogens with zero attached hydrogens (tertiary/aromatic N) is 2. The average Bonchev–Trinajstić information content (AvgIpc) is 3.28. The summed E-state index contributed by atoms with van der Waals surface area (Å²) in [5.41, 5.74) is 3.51. The van der Waals surface area contributed by atoms with Crippen molar-refractivity contribution in [3.8, 4) is 0 Å². The molecular weight excluding hydrogens is 276 g/mol. The first-order chi connectivity index (χ1) is 10.6. The quantitative estimate of drug-likeness (QED) is 0.891. The summed E-state index contributed by atoms with van der Waals surface area (Å²) in [4.78, 5) is 16.9. The van der Waals surface area contributed by atoms with Gasteiger partial charge in [-0.15, -0.1) is 0 Å². The summed E-state index contributed by atoms with van der Waals surface area (Å²) in [6.07, 6.45) is 5.81. The van der Waals surface area contributed by atoms with Gasteiger partial charge in [-0.1, -0.05) is 19.9 Å². The van der Waals surface area contributed by atoms with Crippen LogP contribution in [0, 0.1) is 12.8 Å². The van der Waals surface area contributed by atoms with Gasteiger partial charge in [0, 0.05) is 24.0 Å². The van der Waals surface area contributed by atoms with Crippen molar-refractivity contribution >= 4 is 5.91 Å². The molecule has 5 heteroatoms. The summed E-state index contributed by atoms with van der Waals surface area (Å²) in [6.45, 7) is 6.10. The first-order valence-electron chi connectivity index (χ1n) is 7.83. The molecule has 0 radical (unpaired) electrons. The molecule has 1 atom stereocenters. The largest absolute Gasteiger partial charge is 0.345 e. The summed E-state index contributed by atoms with van der Waals surface area (Å²) in [5, 5.41) is 10.4. The summed E-state index contributed by atoms with van der Waals surface area (Å²) in [6, 6.07) is 3.85. The van der Waals surface area contributed by atoms with Crippen LogP contribution in [-0.2, 0) is 0 Å². The van der Waals surface area contributed by atoms with Gasteiger partial charge in [0.25, 0.3) is 5.91 Å². The maximum absolute atomic E-state index is 12.8. The van der Waals surface area contributed by atoms with Crippen molar-refractivity contribution in [2.45, 2.75) is 45.6 Å². The molecule has 0 aromatic carbocycles. The Morgan fingerprint density at radius 3 is 2.77 bits per heavy atom. The van der Waals surface area contributed by atoms with E-state index in [0.29, 0.717) is 5.92 Å². The summed E-state index contributed by atoms with van der Waals surface area (Å²) >= 11 is 0. The fourth-order valence-corrected chi connectivity index (χ4v) is 2.80. The van der Waals surface area contributed by atoms with Crippen molar-refractivity contribution in [1.82, 2.24) is 20.5 Å². The molecule has 5 nitrogen and oxygen atoms in total. The number of aromatic nitrogens is 3. The van der Waals surface area contributed by atoms with Gasteiger partial charge in [0.15, 0.2) is 0 Å². The zero-order chi connectivity index (χ0) is 15.7. The van der Waals surface area contributed by atoms with E-state index in [1.165, 1.54) is 0 Å². The Labute approximate surface area is 130 Å². The van der Waals surface area contributed by atoms with Crippen LogP contribution in [-0.4, -0.2) is 21.1 Å². The molecular formula is C17H22N4O. The predicted molar refractivity (Wildman–Crippen MR) is 84.6 cm³/mol. The van der Waals surface area contributed by atoms with Gasteiger partial charge < -0.3 is 5.32 Å². The van der Waals surface area contributed by atoms with Crippen LogP contribution in [0.3, 0.4) is 0 Å². The van der Waals surface area contributed by atoms with Crippen LogP contribution in [0.2, 0.25) is 0 Å². The maximum atomic E-state index is 12.8. The Balaban J connectivity index is 1.84. The monoisotopic (exact) mass is 298 g/mol. The van der Waals surface area contributed by atoms with Crippen molar-refractivity contribution < 1.29 is 4.79 Å². The Bertz CT molecular complexity index is 659. The molecule has 0 unspecified atom stereocenters. The van der Waals surface area contributed by atoms with E-state index in [1.807, 2.05) is 25.3 Å². The molecule has 1 fully saturated rings. The SMILES string of the molecule is Cc1[nH]nc(C2CC2)c1C(=O)N[C@@H](c1cccnc1)C(C)C. The lowest BCUT2D eigenvalue weighted by molar-refractivity contribution is 0.0924. The molecule has 3 rings (SSSR count). The fraction of sp³-hybridized carbons (Fsp3) is 0.471. The number of aryl methyl sites for hydroxylation is 1. The number of aromatic amines is 1. The number of hydrogen-bond acceptors (Lipinski definition) is 3. The third-order valence-corrected chi connectivity index (χ3v) is 4.16. The lowest BCUT2D eigenvalue weighted by Gasteiger charge is -2.22. The lowest BCUT2D eigenvalue weighted by atomic mass is 9.96. The summed E-state index contributed by atoms with van der Waals surface area (Å²) in [7, 11) is 0. The number of carbonyl (C=O) groups is 1. The van der Waals surface area contributed by atoms with E-state index >= 15 is 0 Å². The average molecular weight is 298 g/mol. The molecule has 2 aromatic heterocycles. The van der Waals surface area contributed by atoms with E-state index in [4.69, 9.17) is 0 Å². The van der Waals surface area contributed by atoms with Crippen molar-refractivity contribution in [3.63, 3.8) is 0 Å². The van der Waals surface area contributed by atoms with Gasteiger partial charge >= 0.3 is 0 Å². The van der Waals surface area contributed by atoms with E-state index in [2.05, 4.69) is 34.3 Å². The van der Waals surface area contributed by atoms with Crippen LogP contribution in [0.15, 0.2) is 24.5 Å². The lowest BCUT2D eigenvalue weighted by Crippen LogP contribution is -2.32. The van der Waals surface area contributed by atoms with E-state index in [0.717, 1.165) is 35.4 Å². The first-order valence-corrected chi connectivity index (χ1v) is 7.83. The molecule has 1 aliphatic carbocycles. The molecule has 0 aliphatic heterocycles. The van der Waals surface area contributed by atoms with Crippen LogP contribution in [0.25, 0.3) is 0 Å². The van der Waals surface area contributed by atoms with E-state index in [1.54, 1.807) is 6.20 Å². The Hall–Kier alpha value is -2.17. The first kappa shape index (κ1) is 14.8. The molecule has 0 saturated heterocycles. The van der Waals surface area contributed by atoms with Crippen molar-refractivity contribution in [2.24, 2.45) is 5.92 Å². The Morgan fingerprint density at radius 1 is 1.41 bits per heavy atom. The molecule has 2 aromatic rings. The number of hydrogen-bond donors (Lipinski definition) is 2. The van der Waals surface area contributed by atoms with E-state index in [9.17, 15) is 4.79 Å². The minimum absolute atomic E-state index is 0.0456. The molecule has 1 aliphatic rings. The molecule has 1 saturated carbocycles. The van der Waals surface area contributed by atoms with Gasteiger partial charge in [-0.2, -0.15) is 5.10 Å². The smallest absolute Gasteiger partial charge is 0.255 e. The number of carbonyl (C=O) groups excluding carboxylic acids is 1. The molecule has 0 spiro atoms. The number of H-pyrrole nitrogens is 1. The third-order valence-electron chi connectivity index (χ3n) is 4.16. The highest BCUT2D eigenvalue weighted by Crippen LogP contribution is 2.41. The second-order valence-electron chi connectivity index (χ2n) is 6.36. The van der Waals surface area contributed by atoms with Gasteiger partial charge in [0.2, 0.25) is 0 Å². The van der Waals surface area contributed by atoms with Crippen LogP contribution in [0.5, 0.6) is 0 Å². The number of amides is 1. The number of pyridine rings is 1. The van der Waals surface area contributed by atoms with Crippen LogP contribution < -0.4 is 5.32 Å². The molecule has 116 valence electrons. The van der Waals surface area contributed by atoms with E-state index < -0.39 is 0 Å². The molecule has 1 amide bonds. The Kier molecular flexibility index (Phi) is 3.96. The standard InChI is InChI=1S/C17H22N4O/c1-10(2)15(13-5-4-8-18-9-13)19-17(22)14-11(3)20-21-16(14)12-6-7-12/h4-5,8-10,12,15H,6-7H2,1-3H3,(H,19,22)(H,20,21)/t15-/m1/s1. The minimum atomic E-state index is -0.0532.